The van der Waals surface area contributed by atoms with Gasteiger partial charge in [0.05, 0.1) is 48.8 Å². The zero-order valence-electron chi connectivity index (χ0n) is 31.9. The van der Waals surface area contributed by atoms with Crippen molar-refractivity contribution in [1.29, 1.82) is 0 Å². The SMILES string of the molecule is C=CCCC(=O)N[C@H](COC)[C@H](OC(=O)[C@@H]1[C@H]2C(=O)N([C@H](CO)c3ccccc3)[C@H](C(=O)N(CC=C)Cn3nnc4ccccc43)[C@]23CC[C@H]1O3)c1ccccc1. The number of benzene rings is 3. The predicted octanol–water partition coefficient (Wildman–Crippen LogP) is 3.89. The molecular formula is C43H48N6O8. The number of rotatable bonds is 18. The summed E-state index contributed by atoms with van der Waals surface area (Å²) in [6.45, 7) is 7.24. The van der Waals surface area contributed by atoms with Crippen LogP contribution in [-0.2, 0) is 40.1 Å². The maximum absolute atomic E-state index is 15.2. The molecule has 3 aromatic carbocycles. The van der Waals surface area contributed by atoms with E-state index in [1.165, 1.54) is 16.9 Å². The maximum atomic E-state index is 15.2. The molecule has 1 spiro atoms. The van der Waals surface area contributed by atoms with Crippen LogP contribution in [0.25, 0.3) is 11.0 Å². The number of hydrogen-bond donors (Lipinski definition) is 2. The molecule has 3 aliphatic heterocycles. The molecule has 14 heteroatoms. The lowest BCUT2D eigenvalue weighted by Gasteiger charge is -2.39. The number of amides is 3. The van der Waals surface area contributed by atoms with Crippen LogP contribution in [-0.4, -0.2) is 104 Å². The number of esters is 1. The van der Waals surface area contributed by atoms with Gasteiger partial charge in [-0.3, -0.25) is 19.2 Å². The van der Waals surface area contributed by atoms with Gasteiger partial charge in [0.15, 0.2) is 0 Å². The predicted molar refractivity (Wildman–Crippen MR) is 209 cm³/mol. The van der Waals surface area contributed by atoms with E-state index in [9.17, 15) is 14.7 Å². The van der Waals surface area contributed by atoms with Gasteiger partial charge in [0.25, 0.3) is 0 Å². The smallest absolute Gasteiger partial charge is 0.313 e. The first kappa shape index (κ1) is 39.5. The number of methoxy groups -OCH3 is 1. The molecule has 2 N–H and O–H groups in total. The normalized spacial score (nSPS) is 23.8. The van der Waals surface area contributed by atoms with Crippen molar-refractivity contribution in [2.45, 2.75) is 68.3 Å². The molecule has 2 bridgehead atoms. The Labute approximate surface area is 331 Å². The van der Waals surface area contributed by atoms with Crippen molar-refractivity contribution < 1.29 is 38.5 Å². The van der Waals surface area contributed by atoms with Crippen LogP contribution in [0.2, 0.25) is 0 Å². The second kappa shape index (κ2) is 17.2. The number of hydrogen-bond acceptors (Lipinski definition) is 10. The van der Waals surface area contributed by atoms with E-state index < -0.39 is 72.2 Å². The van der Waals surface area contributed by atoms with Crippen LogP contribution in [0.4, 0.5) is 0 Å². The van der Waals surface area contributed by atoms with Gasteiger partial charge < -0.3 is 34.4 Å². The van der Waals surface area contributed by atoms with Gasteiger partial charge in [-0.05, 0) is 42.5 Å². The summed E-state index contributed by atoms with van der Waals surface area (Å²) in [4.78, 5) is 61.0. The number of carbonyl (C=O) groups excluding carboxylic acids is 4. The number of nitrogens with zero attached hydrogens (tertiary/aromatic N) is 5. The number of fused-ring (bicyclic) bond motifs is 2. The average Bonchev–Trinajstić information content (AvgIpc) is 3.99. The van der Waals surface area contributed by atoms with E-state index >= 15 is 9.59 Å². The van der Waals surface area contributed by atoms with Crippen LogP contribution in [0.5, 0.6) is 0 Å². The van der Waals surface area contributed by atoms with Gasteiger partial charge in [0.1, 0.15) is 29.9 Å². The molecule has 298 valence electrons. The summed E-state index contributed by atoms with van der Waals surface area (Å²) in [7, 11) is 1.49. The Morgan fingerprint density at radius 2 is 1.74 bits per heavy atom. The Balaban J connectivity index is 1.26. The number of nitrogens with one attached hydrogen (secondary N) is 1. The van der Waals surface area contributed by atoms with Crippen molar-refractivity contribution in [2.75, 3.05) is 26.9 Å². The number of aliphatic hydroxyl groups is 1. The van der Waals surface area contributed by atoms with Crippen molar-refractivity contribution in [3.05, 3.63) is 121 Å². The molecule has 4 heterocycles. The fourth-order valence-electron chi connectivity index (χ4n) is 8.86. The topological polar surface area (TPSA) is 165 Å². The van der Waals surface area contributed by atoms with Crippen LogP contribution < -0.4 is 5.32 Å². The van der Waals surface area contributed by atoms with E-state index in [1.807, 2.05) is 36.4 Å². The summed E-state index contributed by atoms with van der Waals surface area (Å²) < 4.78 is 20.2. The van der Waals surface area contributed by atoms with E-state index in [4.69, 9.17) is 14.2 Å². The molecule has 3 amide bonds. The second-order valence-corrected chi connectivity index (χ2v) is 14.7. The molecule has 3 saturated heterocycles. The molecule has 8 atom stereocenters. The van der Waals surface area contributed by atoms with Crippen LogP contribution in [0.3, 0.4) is 0 Å². The lowest BCUT2D eigenvalue weighted by atomic mass is 9.70. The Morgan fingerprint density at radius 3 is 2.42 bits per heavy atom. The standard InChI is InChI=1S/C43H48N6O8/c1-4-6-21-35(51)44-31(26-55-3)38(29-17-11-8-12-18-29)56-42(54)36-34-22-23-43(57-34)37(36)40(52)49(33(25-50)28-15-9-7-10-16-28)39(43)41(53)47(24-5-2)27-48-32-20-14-13-19-30(32)45-46-48/h4-5,7-20,31,33-34,36-39,50H,1-2,6,21-27H2,3H3,(H,44,51)/t31-,33-,34-,36+,37+,38-,39-,43+/m1/s1. The minimum Gasteiger partial charge on any atom is -0.455 e. The highest BCUT2D eigenvalue weighted by Gasteiger charge is 2.76. The fraction of sp³-hybridized carbons (Fsp3) is 0.395. The Bertz CT molecular complexity index is 2090. The van der Waals surface area contributed by atoms with E-state index in [2.05, 4.69) is 28.8 Å². The summed E-state index contributed by atoms with van der Waals surface area (Å²) in [6.07, 6.45) is 2.89. The molecule has 0 radical (unpaired) electrons. The summed E-state index contributed by atoms with van der Waals surface area (Å²) in [5.41, 5.74) is 1.19. The fourth-order valence-corrected chi connectivity index (χ4v) is 8.86. The van der Waals surface area contributed by atoms with Gasteiger partial charge in [-0.25, -0.2) is 4.68 Å². The maximum Gasteiger partial charge on any atom is 0.313 e. The molecule has 3 fully saturated rings. The summed E-state index contributed by atoms with van der Waals surface area (Å²) in [5.74, 6) is -4.09. The number of ether oxygens (including phenoxy) is 3. The highest BCUT2D eigenvalue weighted by atomic mass is 16.6. The highest BCUT2D eigenvalue weighted by Crippen LogP contribution is 2.60. The van der Waals surface area contributed by atoms with Gasteiger partial charge in [0, 0.05) is 20.1 Å². The largest absolute Gasteiger partial charge is 0.455 e. The zero-order chi connectivity index (χ0) is 40.1. The number of aromatic nitrogens is 3. The van der Waals surface area contributed by atoms with Crippen molar-refractivity contribution in [1.82, 2.24) is 30.1 Å². The first-order valence-electron chi connectivity index (χ1n) is 19.2. The molecule has 0 unspecified atom stereocenters. The molecule has 14 nitrogen and oxygen atoms in total. The number of para-hydroxylation sites is 1. The zero-order valence-corrected chi connectivity index (χ0v) is 31.9. The minimum absolute atomic E-state index is 0.00711. The Hall–Kier alpha value is -5.70. The lowest BCUT2D eigenvalue weighted by Crippen LogP contribution is -2.57. The highest BCUT2D eigenvalue weighted by molar-refractivity contribution is 5.98. The lowest BCUT2D eigenvalue weighted by molar-refractivity contribution is -0.163. The molecule has 0 aliphatic carbocycles. The van der Waals surface area contributed by atoms with Gasteiger partial charge >= 0.3 is 5.97 Å². The number of aliphatic hydroxyl groups excluding tert-OH is 1. The number of likely N-dealkylation sites (tertiary alicyclic amines) is 1. The van der Waals surface area contributed by atoms with E-state index in [-0.39, 0.29) is 32.1 Å². The molecule has 0 saturated carbocycles. The summed E-state index contributed by atoms with van der Waals surface area (Å²) >= 11 is 0. The van der Waals surface area contributed by atoms with Gasteiger partial charge in [-0.1, -0.05) is 90.2 Å². The summed E-state index contributed by atoms with van der Waals surface area (Å²) in [5, 5.41) is 22.5. The third kappa shape index (κ3) is 7.47. The molecule has 4 aromatic rings. The molecule has 1 aromatic heterocycles. The van der Waals surface area contributed by atoms with E-state index in [0.717, 1.165) is 0 Å². The third-order valence-electron chi connectivity index (χ3n) is 11.3. The molecule has 3 aliphatic rings. The van der Waals surface area contributed by atoms with Gasteiger partial charge in [0.2, 0.25) is 17.7 Å². The van der Waals surface area contributed by atoms with Crippen molar-refractivity contribution in [3.63, 3.8) is 0 Å². The molecular weight excluding hydrogens is 729 g/mol. The van der Waals surface area contributed by atoms with Crippen LogP contribution >= 0.6 is 0 Å². The number of allylic oxidation sites excluding steroid dienone is 1. The van der Waals surface area contributed by atoms with E-state index in [0.29, 0.717) is 41.4 Å². The minimum atomic E-state index is -1.42. The van der Waals surface area contributed by atoms with Crippen molar-refractivity contribution >= 4 is 34.7 Å². The van der Waals surface area contributed by atoms with Crippen LogP contribution in [0.15, 0.2) is 110 Å². The Morgan fingerprint density at radius 1 is 1.04 bits per heavy atom. The van der Waals surface area contributed by atoms with Crippen molar-refractivity contribution in [2.24, 2.45) is 11.8 Å². The Kier molecular flexibility index (Phi) is 11.9. The number of carbonyl (C=O) groups is 4. The second-order valence-electron chi connectivity index (χ2n) is 14.7. The summed E-state index contributed by atoms with van der Waals surface area (Å²) in [6, 6.07) is 22.5. The quantitative estimate of drug-likeness (QED) is 0.112. The van der Waals surface area contributed by atoms with Gasteiger partial charge in [-0.15, -0.1) is 18.3 Å². The molecule has 7 rings (SSSR count). The monoisotopic (exact) mass is 776 g/mol. The van der Waals surface area contributed by atoms with Crippen LogP contribution in [0, 0.1) is 11.8 Å². The van der Waals surface area contributed by atoms with Crippen molar-refractivity contribution in [3.8, 4) is 0 Å². The first-order chi connectivity index (χ1) is 27.8. The van der Waals surface area contributed by atoms with Gasteiger partial charge in [-0.2, -0.15) is 0 Å². The van der Waals surface area contributed by atoms with Crippen LogP contribution in [0.1, 0.15) is 49.0 Å². The van der Waals surface area contributed by atoms with E-state index in [1.54, 1.807) is 65.4 Å². The third-order valence-corrected chi connectivity index (χ3v) is 11.3. The molecule has 57 heavy (non-hydrogen) atoms. The average molecular weight is 777 g/mol. The first-order valence-corrected chi connectivity index (χ1v) is 19.2.